The van der Waals surface area contributed by atoms with E-state index in [0.717, 1.165) is 19.3 Å². The number of hydrogen-bond donors (Lipinski definition) is 2. The molecule has 2 rings (SSSR count). The minimum Gasteiger partial charge on any atom is -0.598 e. The molecular weight excluding hydrogens is 356 g/mol. The smallest absolute Gasteiger partial charge is 0.195 e. The van der Waals surface area contributed by atoms with Crippen LogP contribution < -0.4 is 10.0 Å². The number of anilines is 1. The van der Waals surface area contributed by atoms with Crippen molar-refractivity contribution in [3.63, 3.8) is 0 Å². The van der Waals surface area contributed by atoms with Crippen molar-refractivity contribution in [3.05, 3.63) is 20.4 Å². The summed E-state index contributed by atoms with van der Waals surface area (Å²) in [6, 6.07) is 1.80. The number of hydrogen-bond acceptors (Lipinski definition) is 6. The van der Waals surface area contributed by atoms with Crippen molar-refractivity contribution in [3.8, 4) is 0 Å². The Hall–Kier alpha value is -0.120. The second-order valence-electron chi connectivity index (χ2n) is 3.49. The zero-order valence-electron chi connectivity index (χ0n) is 9.49. The van der Waals surface area contributed by atoms with Crippen LogP contribution in [0.15, 0.2) is 20.3 Å². The van der Waals surface area contributed by atoms with Gasteiger partial charge in [0.2, 0.25) is 0 Å². The molecule has 0 saturated heterocycles. The minimum absolute atomic E-state index is 0.592. The van der Waals surface area contributed by atoms with Crippen molar-refractivity contribution in [2.75, 3.05) is 24.7 Å². The van der Waals surface area contributed by atoms with E-state index in [1.165, 1.54) is 0 Å². The van der Waals surface area contributed by atoms with Gasteiger partial charge < -0.3 is 14.3 Å². The molecule has 4 nitrogen and oxygen atoms in total. The van der Waals surface area contributed by atoms with Crippen LogP contribution in [0.5, 0.6) is 0 Å². The van der Waals surface area contributed by atoms with Gasteiger partial charge in [-0.15, -0.1) is 16.1 Å². The first-order valence-electron chi connectivity index (χ1n) is 5.09. The molecule has 18 heavy (non-hydrogen) atoms. The van der Waals surface area contributed by atoms with Crippen LogP contribution in [0.1, 0.15) is 0 Å². The van der Waals surface area contributed by atoms with Crippen LogP contribution in [-0.4, -0.2) is 23.9 Å². The van der Waals surface area contributed by atoms with Gasteiger partial charge in [0.1, 0.15) is 6.26 Å². The Morgan fingerprint density at radius 1 is 1.56 bits per heavy atom. The van der Waals surface area contributed by atoms with E-state index < -0.39 is 11.4 Å². The number of thiophene rings is 1. The predicted molar refractivity (Wildman–Crippen MR) is 83.2 cm³/mol. The number of nitrogens with one attached hydrogen (secondary N) is 2. The standard InChI is InChI=1S/C10H11BrN2O2S3/c1-18(14)13-3-2-12-8-4-7(16)10-9(15-8)6(11)5-17-10/h4-5,12-13H,2-3H2,1H3. The van der Waals surface area contributed by atoms with Crippen LogP contribution in [0.2, 0.25) is 0 Å². The van der Waals surface area contributed by atoms with E-state index in [0.29, 0.717) is 19.0 Å². The number of rotatable bonds is 5. The first-order chi connectivity index (χ1) is 8.58. The maximum absolute atomic E-state index is 10.8. The normalized spacial score (nSPS) is 12.8. The topological polar surface area (TPSA) is 60.3 Å². The molecule has 0 saturated carbocycles. The summed E-state index contributed by atoms with van der Waals surface area (Å²) in [4.78, 5) is 0. The highest BCUT2D eigenvalue weighted by Crippen LogP contribution is 2.33. The number of halogens is 1. The lowest BCUT2D eigenvalue weighted by molar-refractivity contribution is 0.585. The second-order valence-corrected chi connectivity index (χ2v) is 6.86. The van der Waals surface area contributed by atoms with Crippen molar-refractivity contribution in [2.24, 2.45) is 0 Å². The minimum atomic E-state index is -0.994. The van der Waals surface area contributed by atoms with Crippen LogP contribution in [0.3, 0.4) is 0 Å². The average molecular weight is 367 g/mol. The Morgan fingerprint density at radius 2 is 2.33 bits per heavy atom. The van der Waals surface area contributed by atoms with Crippen molar-refractivity contribution in [1.82, 2.24) is 4.72 Å². The first-order valence-corrected chi connectivity index (χ1v) is 8.73. The number of fused-ring (bicyclic) bond motifs is 1. The maximum Gasteiger partial charge on any atom is 0.195 e. The Morgan fingerprint density at radius 3 is 3.06 bits per heavy atom. The average Bonchev–Trinajstić information content (AvgIpc) is 2.67. The van der Waals surface area contributed by atoms with Gasteiger partial charge in [-0.25, -0.2) is 0 Å². The molecule has 2 heterocycles. The Bertz CT molecular complexity index is 596. The molecule has 0 aliphatic rings. The van der Waals surface area contributed by atoms with E-state index in [9.17, 15) is 4.55 Å². The van der Waals surface area contributed by atoms with Crippen LogP contribution in [0.4, 0.5) is 5.88 Å². The van der Waals surface area contributed by atoms with E-state index in [4.69, 9.17) is 16.6 Å². The molecule has 0 aliphatic heterocycles. The molecule has 8 heteroatoms. The van der Waals surface area contributed by atoms with E-state index in [-0.39, 0.29) is 0 Å². The molecule has 1 atom stereocenters. The molecule has 0 amide bonds. The molecule has 0 radical (unpaired) electrons. The zero-order valence-corrected chi connectivity index (χ0v) is 13.5. The fourth-order valence-electron chi connectivity index (χ4n) is 1.38. The maximum atomic E-state index is 10.8. The molecule has 0 aromatic carbocycles. The van der Waals surface area contributed by atoms with Gasteiger partial charge >= 0.3 is 0 Å². The molecule has 1 unspecified atom stereocenters. The highest BCUT2D eigenvalue weighted by Gasteiger charge is 2.08. The zero-order chi connectivity index (χ0) is 13.1. The highest BCUT2D eigenvalue weighted by molar-refractivity contribution is 9.10. The van der Waals surface area contributed by atoms with Gasteiger partial charge in [-0.05, 0) is 15.9 Å². The monoisotopic (exact) mass is 366 g/mol. The summed E-state index contributed by atoms with van der Waals surface area (Å²) in [5.41, 5.74) is 0.766. The lowest BCUT2D eigenvalue weighted by atomic mass is 10.4. The Kier molecular flexibility index (Phi) is 5.05. The second kappa shape index (κ2) is 6.36. The summed E-state index contributed by atoms with van der Waals surface area (Å²) in [7, 11) is 0. The van der Waals surface area contributed by atoms with E-state index in [2.05, 4.69) is 26.0 Å². The van der Waals surface area contributed by atoms with E-state index in [1.807, 2.05) is 5.38 Å². The quantitative estimate of drug-likeness (QED) is 0.483. The molecule has 0 fully saturated rings. The molecule has 2 N–H and O–H groups in total. The summed E-state index contributed by atoms with van der Waals surface area (Å²) >= 11 is 9.29. The van der Waals surface area contributed by atoms with Gasteiger partial charge in [0.15, 0.2) is 11.5 Å². The Balaban J connectivity index is 2.09. The summed E-state index contributed by atoms with van der Waals surface area (Å²) in [6.45, 7) is 1.21. The summed E-state index contributed by atoms with van der Waals surface area (Å²) < 4.78 is 22.0. The molecule has 0 aliphatic carbocycles. The van der Waals surface area contributed by atoms with Crippen LogP contribution in [0, 0.1) is 4.51 Å². The van der Waals surface area contributed by atoms with Gasteiger partial charge in [-0.1, -0.05) is 12.2 Å². The highest BCUT2D eigenvalue weighted by atomic mass is 79.9. The van der Waals surface area contributed by atoms with Crippen LogP contribution in [0.25, 0.3) is 10.3 Å². The lowest BCUT2D eigenvalue weighted by Gasteiger charge is -2.07. The van der Waals surface area contributed by atoms with Gasteiger partial charge in [0, 0.05) is 29.4 Å². The molecule has 2 aromatic heterocycles. The largest absolute Gasteiger partial charge is 0.598 e. The van der Waals surface area contributed by atoms with Gasteiger partial charge in [-0.2, -0.15) is 0 Å². The van der Waals surface area contributed by atoms with Gasteiger partial charge in [0.25, 0.3) is 0 Å². The third-order valence-corrected chi connectivity index (χ3v) is 5.08. The van der Waals surface area contributed by atoms with Crippen molar-refractivity contribution >= 4 is 67.0 Å². The lowest BCUT2D eigenvalue weighted by Crippen LogP contribution is -2.27. The Labute approximate surface area is 125 Å². The predicted octanol–water partition coefficient (Wildman–Crippen LogP) is 3.28. The molecule has 0 bridgehead atoms. The summed E-state index contributed by atoms with van der Waals surface area (Å²) in [5.74, 6) is 0.621. The molecule has 0 spiro atoms. The van der Waals surface area contributed by atoms with Gasteiger partial charge in [0.05, 0.1) is 20.2 Å². The molecule has 98 valence electrons. The van der Waals surface area contributed by atoms with Crippen LogP contribution in [-0.2, 0) is 11.4 Å². The summed E-state index contributed by atoms with van der Waals surface area (Å²) in [5, 5.41) is 5.06. The fraction of sp³-hybridized carbons (Fsp3) is 0.300. The third kappa shape index (κ3) is 3.46. The molecule has 2 aromatic rings. The first kappa shape index (κ1) is 14.3. The van der Waals surface area contributed by atoms with Crippen molar-refractivity contribution < 1.29 is 8.97 Å². The summed E-state index contributed by atoms with van der Waals surface area (Å²) in [6.07, 6.45) is 1.60. The van der Waals surface area contributed by atoms with Crippen molar-refractivity contribution in [1.29, 1.82) is 0 Å². The van der Waals surface area contributed by atoms with E-state index in [1.54, 1.807) is 23.7 Å². The van der Waals surface area contributed by atoms with Crippen LogP contribution >= 0.6 is 39.5 Å². The fourth-order valence-corrected chi connectivity index (χ4v) is 3.57. The van der Waals surface area contributed by atoms with E-state index >= 15 is 0 Å². The van der Waals surface area contributed by atoms with Gasteiger partial charge in [-0.3, -0.25) is 0 Å². The third-order valence-electron chi connectivity index (χ3n) is 2.13. The molecular formula is C10H11BrN2O2S3. The van der Waals surface area contributed by atoms with Crippen molar-refractivity contribution in [2.45, 2.75) is 0 Å². The SMILES string of the molecule is C[S+]([O-])NCCNc1cc(=S)c2scc(Br)c2o1.